The van der Waals surface area contributed by atoms with Crippen molar-refractivity contribution in [2.24, 2.45) is 0 Å². The second kappa shape index (κ2) is 8.81. The van der Waals surface area contributed by atoms with Crippen molar-refractivity contribution in [3.05, 3.63) is 39.1 Å². The first kappa shape index (κ1) is 19.1. The number of carbonyl (C=O) groups is 1. The zero-order valence-electron chi connectivity index (χ0n) is 14.4. The van der Waals surface area contributed by atoms with Crippen LogP contribution in [0.15, 0.2) is 27.7 Å². The van der Waals surface area contributed by atoms with Crippen LogP contribution in [0.3, 0.4) is 0 Å². The molecule has 2 N–H and O–H groups in total. The molecule has 0 bridgehead atoms. The van der Waals surface area contributed by atoms with Crippen molar-refractivity contribution in [1.82, 2.24) is 15.3 Å². The maximum Gasteiger partial charge on any atom is 0.260 e. The molecule has 0 radical (unpaired) electrons. The standard InChI is InChI=1S/C17H19N3O3S3/c1-10(25-9-13(21)18-5-6-23-2)15-19-16(22)14-11(8-26-17(14)20-15)12-4-3-7-24-12/h3-4,7-8,10H,5-6,9H2,1-2H3,(H,18,21)(H,19,20,22)/t10-/m1/s1. The van der Waals surface area contributed by atoms with Crippen molar-refractivity contribution in [2.45, 2.75) is 12.2 Å². The topological polar surface area (TPSA) is 84.1 Å². The van der Waals surface area contributed by atoms with Gasteiger partial charge in [-0.05, 0) is 18.4 Å². The lowest BCUT2D eigenvalue weighted by atomic mass is 10.2. The molecule has 6 nitrogen and oxygen atoms in total. The lowest BCUT2D eigenvalue weighted by Gasteiger charge is -2.11. The van der Waals surface area contributed by atoms with E-state index in [4.69, 9.17) is 4.74 Å². The Balaban J connectivity index is 1.73. The molecule has 0 aliphatic carbocycles. The van der Waals surface area contributed by atoms with E-state index in [0.29, 0.717) is 30.1 Å². The summed E-state index contributed by atoms with van der Waals surface area (Å²) < 4.78 is 4.90. The Morgan fingerprint density at radius 2 is 2.31 bits per heavy atom. The minimum atomic E-state index is -0.133. The van der Waals surface area contributed by atoms with Crippen molar-refractivity contribution >= 4 is 50.6 Å². The molecule has 1 atom stereocenters. The summed E-state index contributed by atoms with van der Waals surface area (Å²) in [4.78, 5) is 33.7. The highest BCUT2D eigenvalue weighted by molar-refractivity contribution is 8.00. The molecule has 0 unspecified atom stereocenters. The first-order chi connectivity index (χ1) is 12.6. The summed E-state index contributed by atoms with van der Waals surface area (Å²) in [6.45, 7) is 2.92. The van der Waals surface area contributed by atoms with Crippen LogP contribution in [-0.4, -0.2) is 41.9 Å². The smallest absolute Gasteiger partial charge is 0.260 e. The fraction of sp³-hybridized carbons (Fsp3) is 0.353. The van der Waals surface area contributed by atoms with Crippen LogP contribution >= 0.6 is 34.4 Å². The van der Waals surface area contributed by atoms with Gasteiger partial charge in [0.2, 0.25) is 5.91 Å². The predicted octanol–water partition coefficient (Wildman–Crippen LogP) is 3.27. The Bertz CT molecular complexity index is 934. The Kier molecular flexibility index (Phi) is 6.47. The molecular weight excluding hydrogens is 390 g/mol. The summed E-state index contributed by atoms with van der Waals surface area (Å²) in [5.41, 5.74) is 0.796. The maximum absolute atomic E-state index is 12.6. The Labute approximate surface area is 163 Å². The molecule has 138 valence electrons. The normalized spacial score (nSPS) is 12.4. The van der Waals surface area contributed by atoms with Crippen molar-refractivity contribution in [3.8, 4) is 10.4 Å². The lowest BCUT2D eigenvalue weighted by Crippen LogP contribution is -2.28. The first-order valence-corrected chi connectivity index (χ1v) is 10.8. The molecule has 9 heteroatoms. The number of aromatic nitrogens is 2. The molecule has 3 aromatic rings. The number of carbonyl (C=O) groups excluding carboxylic acids is 1. The third-order valence-corrected chi connectivity index (χ3v) is 6.65. The lowest BCUT2D eigenvalue weighted by molar-refractivity contribution is -0.118. The Morgan fingerprint density at radius 3 is 3.04 bits per heavy atom. The number of amides is 1. The molecule has 0 saturated heterocycles. The number of methoxy groups -OCH3 is 1. The van der Waals surface area contributed by atoms with Gasteiger partial charge in [-0.1, -0.05) is 6.07 Å². The summed E-state index contributed by atoms with van der Waals surface area (Å²) in [5, 5.41) is 7.29. The Morgan fingerprint density at radius 1 is 1.46 bits per heavy atom. The van der Waals surface area contributed by atoms with Crippen LogP contribution in [0.2, 0.25) is 0 Å². The van der Waals surface area contributed by atoms with Crippen LogP contribution in [0.5, 0.6) is 0 Å². The van der Waals surface area contributed by atoms with Crippen molar-refractivity contribution in [2.75, 3.05) is 26.0 Å². The van der Waals surface area contributed by atoms with E-state index in [1.165, 1.54) is 23.1 Å². The highest BCUT2D eigenvalue weighted by Crippen LogP contribution is 2.34. The van der Waals surface area contributed by atoms with Crippen LogP contribution in [0.1, 0.15) is 18.0 Å². The van der Waals surface area contributed by atoms with E-state index < -0.39 is 0 Å². The minimum Gasteiger partial charge on any atom is -0.383 e. The number of H-pyrrole nitrogens is 1. The van der Waals surface area contributed by atoms with Gasteiger partial charge in [-0.3, -0.25) is 9.59 Å². The summed E-state index contributed by atoms with van der Waals surface area (Å²) >= 11 is 4.51. The number of rotatable bonds is 8. The number of aromatic amines is 1. The van der Waals surface area contributed by atoms with Gasteiger partial charge in [-0.15, -0.1) is 34.4 Å². The van der Waals surface area contributed by atoms with E-state index in [9.17, 15) is 9.59 Å². The monoisotopic (exact) mass is 409 g/mol. The number of nitrogens with one attached hydrogen (secondary N) is 2. The van der Waals surface area contributed by atoms with E-state index in [2.05, 4.69) is 15.3 Å². The number of fused-ring (bicyclic) bond motifs is 1. The zero-order chi connectivity index (χ0) is 18.5. The van der Waals surface area contributed by atoms with Crippen LogP contribution < -0.4 is 10.9 Å². The zero-order valence-corrected chi connectivity index (χ0v) is 16.9. The maximum atomic E-state index is 12.6. The largest absolute Gasteiger partial charge is 0.383 e. The number of hydrogen-bond donors (Lipinski definition) is 2. The molecule has 3 heterocycles. The molecule has 3 aromatic heterocycles. The molecule has 0 spiro atoms. The van der Waals surface area contributed by atoms with Crippen LogP contribution in [0.25, 0.3) is 20.7 Å². The third kappa shape index (κ3) is 4.35. The van der Waals surface area contributed by atoms with Gasteiger partial charge in [0.25, 0.3) is 5.56 Å². The van der Waals surface area contributed by atoms with Gasteiger partial charge in [0.1, 0.15) is 10.7 Å². The minimum absolute atomic E-state index is 0.0570. The Hall–Kier alpha value is -1.68. The summed E-state index contributed by atoms with van der Waals surface area (Å²) in [6, 6.07) is 3.97. The van der Waals surface area contributed by atoms with Crippen molar-refractivity contribution in [1.29, 1.82) is 0 Å². The van der Waals surface area contributed by atoms with E-state index in [1.807, 2.05) is 29.8 Å². The van der Waals surface area contributed by atoms with Gasteiger partial charge in [-0.2, -0.15) is 0 Å². The average Bonchev–Trinajstić information content (AvgIpc) is 3.29. The van der Waals surface area contributed by atoms with Gasteiger partial charge in [0.05, 0.1) is 23.0 Å². The summed E-state index contributed by atoms with van der Waals surface area (Å²) in [7, 11) is 1.59. The molecule has 26 heavy (non-hydrogen) atoms. The summed E-state index contributed by atoms with van der Waals surface area (Å²) in [6.07, 6.45) is 0. The number of nitrogens with zero attached hydrogens (tertiary/aromatic N) is 1. The number of hydrogen-bond acceptors (Lipinski definition) is 7. The molecule has 0 aliphatic rings. The highest BCUT2D eigenvalue weighted by Gasteiger charge is 2.17. The van der Waals surface area contributed by atoms with Crippen molar-refractivity contribution in [3.63, 3.8) is 0 Å². The van der Waals surface area contributed by atoms with Crippen LogP contribution in [0.4, 0.5) is 0 Å². The third-order valence-electron chi connectivity index (χ3n) is 3.73. The molecule has 0 aliphatic heterocycles. The van der Waals surface area contributed by atoms with Gasteiger partial charge in [0, 0.05) is 29.5 Å². The quantitative estimate of drug-likeness (QED) is 0.558. The SMILES string of the molecule is COCCNC(=O)CS[C@H](C)c1nc2scc(-c3cccs3)c2c(=O)[nH]1. The summed E-state index contributed by atoms with van der Waals surface area (Å²) in [5.74, 6) is 0.840. The first-order valence-electron chi connectivity index (χ1n) is 8.02. The fourth-order valence-electron chi connectivity index (χ4n) is 2.39. The average molecular weight is 410 g/mol. The number of ether oxygens (including phenoxy) is 1. The van der Waals surface area contributed by atoms with Crippen LogP contribution in [-0.2, 0) is 9.53 Å². The van der Waals surface area contributed by atoms with Crippen molar-refractivity contribution < 1.29 is 9.53 Å². The number of thiophene rings is 2. The molecular formula is C17H19N3O3S3. The van der Waals surface area contributed by atoms with E-state index in [-0.39, 0.29) is 16.7 Å². The van der Waals surface area contributed by atoms with E-state index in [1.54, 1.807) is 18.4 Å². The number of thioether (sulfide) groups is 1. The van der Waals surface area contributed by atoms with Crippen LogP contribution in [0, 0.1) is 0 Å². The van der Waals surface area contributed by atoms with E-state index >= 15 is 0 Å². The second-order valence-electron chi connectivity index (χ2n) is 5.55. The van der Waals surface area contributed by atoms with Gasteiger partial charge in [0.15, 0.2) is 0 Å². The highest BCUT2D eigenvalue weighted by atomic mass is 32.2. The molecule has 0 aromatic carbocycles. The van der Waals surface area contributed by atoms with Gasteiger partial charge in [-0.25, -0.2) is 4.98 Å². The fourth-order valence-corrected chi connectivity index (χ4v) is 4.94. The molecule has 3 rings (SSSR count). The molecule has 0 fully saturated rings. The van der Waals surface area contributed by atoms with Gasteiger partial charge < -0.3 is 15.0 Å². The van der Waals surface area contributed by atoms with E-state index in [0.717, 1.165) is 15.3 Å². The second-order valence-corrected chi connectivity index (χ2v) is 8.69. The molecule has 0 saturated carbocycles. The van der Waals surface area contributed by atoms with Gasteiger partial charge >= 0.3 is 0 Å². The predicted molar refractivity (Wildman–Crippen MR) is 109 cm³/mol. The molecule has 1 amide bonds.